The average Bonchev–Trinajstić information content (AvgIpc) is 2.92. The van der Waals surface area contributed by atoms with Crippen LogP contribution in [-0.4, -0.2) is 30.4 Å². The lowest BCUT2D eigenvalue weighted by molar-refractivity contribution is -0.138. The number of carbonyl (C=O) groups excluding carboxylic acids is 1. The van der Waals surface area contributed by atoms with E-state index in [1.165, 1.54) is 12.8 Å². The molecule has 1 heterocycles. The van der Waals surface area contributed by atoms with E-state index < -0.39 is 0 Å². The molecule has 3 nitrogen and oxygen atoms in total. The first-order chi connectivity index (χ1) is 6.31. The zero-order valence-electron chi connectivity index (χ0n) is 8.04. The van der Waals surface area contributed by atoms with E-state index in [1.807, 2.05) is 4.90 Å². The third-order valence-electron chi connectivity index (χ3n) is 3.10. The van der Waals surface area contributed by atoms with E-state index in [4.69, 9.17) is 5.73 Å². The summed E-state index contributed by atoms with van der Waals surface area (Å²) in [5, 5.41) is 0. The molecule has 3 heteroatoms. The van der Waals surface area contributed by atoms with E-state index in [-0.39, 0.29) is 5.92 Å². The minimum absolute atomic E-state index is 0.118. The van der Waals surface area contributed by atoms with Crippen molar-refractivity contribution in [1.82, 2.24) is 4.90 Å². The predicted molar refractivity (Wildman–Crippen MR) is 51.1 cm³/mol. The van der Waals surface area contributed by atoms with Crippen molar-refractivity contribution >= 4 is 5.91 Å². The minimum atomic E-state index is 0.118. The highest BCUT2D eigenvalue weighted by atomic mass is 16.2. The molecule has 1 aliphatic carbocycles. The Hall–Kier alpha value is -0.570. The number of piperidine rings is 1. The van der Waals surface area contributed by atoms with Crippen LogP contribution in [0.2, 0.25) is 0 Å². The van der Waals surface area contributed by atoms with Crippen LogP contribution in [-0.2, 0) is 4.79 Å². The van der Waals surface area contributed by atoms with E-state index in [2.05, 4.69) is 0 Å². The lowest BCUT2D eigenvalue weighted by Gasteiger charge is -2.31. The Kier molecular flexibility index (Phi) is 2.54. The van der Waals surface area contributed by atoms with Crippen molar-refractivity contribution in [3.63, 3.8) is 0 Å². The molecule has 2 aliphatic rings. The van der Waals surface area contributed by atoms with Gasteiger partial charge in [0.1, 0.15) is 0 Å². The number of nitrogens with zero attached hydrogens (tertiary/aromatic N) is 1. The van der Waals surface area contributed by atoms with Crippen LogP contribution >= 0.6 is 0 Å². The molecule has 74 valence electrons. The van der Waals surface area contributed by atoms with Crippen LogP contribution in [0.4, 0.5) is 0 Å². The van der Waals surface area contributed by atoms with Gasteiger partial charge in [0.25, 0.3) is 0 Å². The fourth-order valence-electron chi connectivity index (χ4n) is 2.03. The summed E-state index contributed by atoms with van der Waals surface area (Å²) < 4.78 is 0. The van der Waals surface area contributed by atoms with Crippen molar-refractivity contribution in [2.24, 2.45) is 17.6 Å². The number of likely N-dealkylation sites (tertiary alicyclic amines) is 1. The third kappa shape index (κ3) is 2.02. The van der Waals surface area contributed by atoms with Crippen molar-refractivity contribution in [3.8, 4) is 0 Å². The number of amides is 1. The molecule has 0 aromatic rings. The summed E-state index contributed by atoms with van der Waals surface area (Å²) in [5.74, 6) is 1.23. The van der Waals surface area contributed by atoms with Crippen molar-refractivity contribution < 1.29 is 4.79 Å². The fraction of sp³-hybridized carbons (Fsp3) is 0.900. The van der Waals surface area contributed by atoms with Crippen molar-refractivity contribution in [2.45, 2.75) is 25.7 Å². The van der Waals surface area contributed by atoms with Crippen LogP contribution in [0.3, 0.4) is 0 Å². The van der Waals surface area contributed by atoms with Gasteiger partial charge in [0, 0.05) is 19.6 Å². The monoisotopic (exact) mass is 182 g/mol. The summed E-state index contributed by atoms with van der Waals surface area (Å²) in [5.41, 5.74) is 5.55. The van der Waals surface area contributed by atoms with E-state index >= 15 is 0 Å². The Morgan fingerprint density at radius 2 is 2.15 bits per heavy atom. The fourth-order valence-corrected chi connectivity index (χ4v) is 2.03. The van der Waals surface area contributed by atoms with Gasteiger partial charge in [-0.2, -0.15) is 0 Å². The summed E-state index contributed by atoms with van der Waals surface area (Å²) in [6, 6.07) is 0. The first-order valence-electron chi connectivity index (χ1n) is 5.30. The van der Waals surface area contributed by atoms with E-state index in [1.54, 1.807) is 0 Å². The molecule has 1 saturated heterocycles. The Morgan fingerprint density at radius 3 is 2.77 bits per heavy atom. The van der Waals surface area contributed by atoms with Crippen LogP contribution in [0, 0.1) is 11.8 Å². The third-order valence-corrected chi connectivity index (χ3v) is 3.10. The summed E-state index contributed by atoms with van der Waals surface area (Å²) in [6.45, 7) is 2.49. The summed E-state index contributed by atoms with van der Waals surface area (Å²) in [6.07, 6.45) is 4.77. The Balaban J connectivity index is 1.89. The van der Waals surface area contributed by atoms with Crippen molar-refractivity contribution in [1.29, 1.82) is 0 Å². The number of nitrogens with two attached hydrogens (primary N) is 1. The molecule has 0 spiro atoms. The van der Waals surface area contributed by atoms with Gasteiger partial charge in [0.05, 0.1) is 5.92 Å². The molecule has 1 aliphatic heterocycles. The van der Waals surface area contributed by atoms with Gasteiger partial charge in [0.15, 0.2) is 0 Å². The second-order valence-electron chi connectivity index (χ2n) is 4.30. The quantitative estimate of drug-likeness (QED) is 0.694. The van der Waals surface area contributed by atoms with Crippen LogP contribution < -0.4 is 5.73 Å². The molecule has 1 unspecified atom stereocenters. The second kappa shape index (κ2) is 3.66. The Labute approximate surface area is 79.3 Å². The largest absolute Gasteiger partial charge is 0.342 e. The summed E-state index contributed by atoms with van der Waals surface area (Å²) in [4.78, 5) is 13.8. The summed E-state index contributed by atoms with van der Waals surface area (Å²) >= 11 is 0. The molecule has 2 fully saturated rings. The van der Waals surface area contributed by atoms with Crippen molar-refractivity contribution in [3.05, 3.63) is 0 Å². The van der Waals surface area contributed by atoms with Gasteiger partial charge in [-0.1, -0.05) is 0 Å². The topological polar surface area (TPSA) is 46.3 Å². The summed E-state index contributed by atoms with van der Waals surface area (Å²) in [7, 11) is 0. The van der Waals surface area contributed by atoms with Crippen LogP contribution in [0.15, 0.2) is 0 Å². The van der Waals surface area contributed by atoms with E-state index in [9.17, 15) is 4.79 Å². The highest BCUT2D eigenvalue weighted by Crippen LogP contribution is 2.31. The zero-order valence-corrected chi connectivity index (χ0v) is 8.04. The Morgan fingerprint density at radius 1 is 1.38 bits per heavy atom. The smallest absolute Gasteiger partial charge is 0.226 e. The molecule has 1 atom stereocenters. The van der Waals surface area contributed by atoms with Gasteiger partial charge in [-0.05, 0) is 31.6 Å². The molecule has 0 bridgehead atoms. The first-order valence-corrected chi connectivity index (χ1v) is 5.30. The average molecular weight is 182 g/mol. The SMILES string of the molecule is NCC1CCCN(CC2CC2)C1=O. The molecule has 2 rings (SSSR count). The maximum atomic E-state index is 11.8. The predicted octanol–water partition coefficient (Wildman–Crippen LogP) is 0.594. The molecular weight excluding hydrogens is 164 g/mol. The van der Waals surface area contributed by atoms with Gasteiger partial charge in [0.2, 0.25) is 5.91 Å². The van der Waals surface area contributed by atoms with Crippen LogP contribution in [0.5, 0.6) is 0 Å². The van der Waals surface area contributed by atoms with Crippen molar-refractivity contribution in [2.75, 3.05) is 19.6 Å². The van der Waals surface area contributed by atoms with Crippen LogP contribution in [0.25, 0.3) is 0 Å². The van der Waals surface area contributed by atoms with Crippen LogP contribution in [0.1, 0.15) is 25.7 Å². The van der Waals surface area contributed by atoms with Gasteiger partial charge >= 0.3 is 0 Å². The van der Waals surface area contributed by atoms with Gasteiger partial charge in [-0.15, -0.1) is 0 Å². The number of hydrogen-bond donors (Lipinski definition) is 1. The van der Waals surface area contributed by atoms with Gasteiger partial charge in [-0.25, -0.2) is 0 Å². The lowest BCUT2D eigenvalue weighted by atomic mass is 9.97. The Bertz CT molecular complexity index is 201. The zero-order chi connectivity index (χ0) is 9.26. The van der Waals surface area contributed by atoms with Gasteiger partial charge in [-0.3, -0.25) is 4.79 Å². The molecule has 0 aromatic carbocycles. The number of hydrogen-bond acceptors (Lipinski definition) is 2. The highest BCUT2D eigenvalue weighted by molar-refractivity contribution is 5.79. The molecule has 1 amide bonds. The molecule has 13 heavy (non-hydrogen) atoms. The van der Waals surface area contributed by atoms with E-state index in [0.717, 1.165) is 31.8 Å². The minimum Gasteiger partial charge on any atom is -0.342 e. The normalized spacial score (nSPS) is 29.5. The van der Waals surface area contributed by atoms with Gasteiger partial charge < -0.3 is 10.6 Å². The lowest BCUT2D eigenvalue weighted by Crippen LogP contribution is -2.44. The first kappa shape index (κ1) is 9.00. The highest BCUT2D eigenvalue weighted by Gasteiger charge is 2.32. The molecule has 0 radical (unpaired) electrons. The molecule has 0 aromatic heterocycles. The van der Waals surface area contributed by atoms with E-state index in [0.29, 0.717) is 12.5 Å². The molecule has 2 N–H and O–H groups in total. The molecule has 1 saturated carbocycles. The second-order valence-corrected chi connectivity index (χ2v) is 4.30. The standard InChI is InChI=1S/C10H18N2O/c11-6-9-2-1-5-12(10(9)13)7-8-3-4-8/h8-9H,1-7,11H2. The maximum absolute atomic E-state index is 11.8. The number of rotatable bonds is 3. The number of carbonyl (C=O) groups is 1. The molecular formula is C10H18N2O. The maximum Gasteiger partial charge on any atom is 0.226 e.